The molecule has 0 N–H and O–H groups in total. The van der Waals surface area contributed by atoms with Crippen LogP contribution in [0, 0.1) is 6.92 Å². The van der Waals surface area contributed by atoms with Crippen molar-refractivity contribution >= 4 is 27.5 Å². The molecule has 0 saturated heterocycles. The fraction of sp³-hybridized carbons (Fsp3) is 0.381. The number of nitrogens with zero attached hydrogens (tertiary/aromatic N) is 4. The second-order valence-electron chi connectivity index (χ2n) is 7.62. The quantitative estimate of drug-likeness (QED) is 0.682. The van der Waals surface area contributed by atoms with Crippen LogP contribution in [-0.2, 0) is 20.0 Å². The minimum Gasteiger partial charge on any atom is -0.339 e. The first-order valence-electron chi connectivity index (χ1n) is 9.34. The predicted molar refractivity (Wildman–Crippen MR) is 112 cm³/mol. The Morgan fingerprint density at radius 1 is 1.29 bits per heavy atom. The van der Waals surface area contributed by atoms with Crippen LogP contribution in [0.5, 0.6) is 0 Å². The summed E-state index contributed by atoms with van der Waals surface area (Å²) in [4.78, 5) is 35.2. The van der Waals surface area contributed by atoms with E-state index in [1.807, 2.05) is 14.0 Å². The lowest BCUT2D eigenvalue weighted by molar-refractivity contribution is 0.0737. The van der Waals surface area contributed by atoms with Crippen molar-refractivity contribution in [3.8, 4) is 0 Å². The van der Waals surface area contributed by atoms with Crippen molar-refractivity contribution in [3.63, 3.8) is 0 Å². The van der Waals surface area contributed by atoms with E-state index in [1.165, 1.54) is 33.4 Å². The van der Waals surface area contributed by atoms with Crippen molar-refractivity contribution in [2.45, 2.75) is 25.9 Å². The van der Waals surface area contributed by atoms with E-state index in [1.54, 1.807) is 11.9 Å². The molecule has 4 rings (SSSR count). The Morgan fingerprint density at radius 3 is 2.75 bits per heavy atom. The summed E-state index contributed by atoms with van der Waals surface area (Å²) in [6.45, 7) is 3.37. The highest BCUT2D eigenvalue weighted by Gasteiger charge is 2.27. The van der Waals surface area contributed by atoms with E-state index >= 15 is 0 Å². The van der Waals surface area contributed by atoms with E-state index in [4.69, 9.17) is 0 Å². The van der Waals surface area contributed by atoms with Gasteiger partial charge in [-0.15, -0.1) is 11.3 Å². The Hall–Kier alpha value is -2.51. The molecule has 1 amide bonds. The second-order valence-corrected chi connectivity index (χ2v) is 8.62. The lowest BCUT2D eigenvalue weighted by Crippen LogP contribution is -2.46. The Balaban J connectivity index is 1.58. The SMILES string of the molecule is Cc1c(C(=O)N(C)C[C@H]2Cc3ccccc3CN2C)sc2ncn(C)c(=O)c12. The zero-order chi connectivity index (χ0) is 20.0. The first-order chi connectivity index (χ1) is 13.4. The van der Waals surface area contributed by atoms with Gasteiger partial charge in [0.05, 0.1) is 16.6 Å². The number of fused-ring (bicyclic) bond motifs is 2. The molecule has 3 heterocycles. The van der Waals surface area contributed by atoms with Gasteiger partial charge in [0.1, 0.15) is 4.83 Å². The second kappa shape index (κ2) is 7.14. The predicted octanol–water partition coefficient (Wildman–Crippen LogP) is 2.43. The van der Waals surface area contributed by atoms with Crippen LogP contribution in [0.3, 0.4) is 0 Å². The van der Waals surface area contributed by atoms with E-state index in [-0.39, 0.29) is 17.5 Å². The van der Waals surface area contributed by atoms with Gasteiger partial charge in [-0.05, 0) is 37.1 Å². The van der Waals surface area contributed by atoms with Gasteiger partial charge in [-0.25, -0.2) is 4.98 Å². The number of rotatable bonds is 3. The number of amides is 1. The average Bonchev–Trinajstić information content (AvgIpc) is 3.01. The van der Waals surface area contributed by atoms with Crippen LogP contribution in [0.25, 0.3) is 10.2 Å². The van der Waals surface area contributed by atoms with E-state index in [0.29, 0.717) is 21.6 Å². The number of thiophene rings is 1. The summed E-state index contributed by atoms with van der Waals surface area (Å²) in [5, 5.41) is 0.551. The highest BCUT2D eigenvalue weighted by Crippen LogP contribution is 2.28. The molecule has 28 heavy (non-hydrogen) atoms. The van der Waals surface area contributed by atoms with Gasteiger partial charge in [0.25, 0.3) is 11.5 Å². The number of benzene rings is 1. The minimum absolute atomic E-state index is 0.0465. The molecule has 0 aliphatic carbocycles. The normalized spacial score (nSPS) is 16.9. The van der Waals surface area contributed by atoms with E-state index in [0.717, 1.165) is 18.5 Å². The molecule has 0 spiro atoms. The molecule has 6 nitrogen and oxygen atoms in total. The van der Waals surface area contributed by atoms with E-state index in [2.05, 4.69) is 41.2 Å². The molecule has 1 aliphatic rings. The van der Waals surface area contributed by atoms with Crippen LogP contribution in [-0.4, -0.2) is 51.9 Å². The molecule has 1 aromatic carbocycles. The summed E-state index contributed by atoms with van der Waals surface area (Å²) < 4.78 is 1.45. The lowest BCUT2D eigenvalue weighted by Gasteiger charge is -2.36. The summed E-state index contributed by atoms with van der Waals surface area (Å²) in [6.07, 6.45) is 2.44. The van der Waals surface area contributed by atoms with Crippen molar-refractivity contribution in [2.24, 2.45) is 7.05 Å². The highest BCUT2D eigenvalue weighted by atomic mass is 32.1. The van der Waals surface area contributed by atoms with Gasteiger partial charge < -0.3 is 9.47 Å². The molecule has 1 aliphatic heterocycles. The van der Waals surface area contributed by atoms with Gasteiger partial charge in [-0.1, -0.05) is 24.3 Å². The number of aromatic nitrogens is 2. The Kier molecular flexibility index (Phi) is 4.81. The number of hydrogen-bond donors (Lipinski definition) is 0. The standard InChI is InChI=1S/C21H24N4O2S/c1-13-17-19(22-12-25(4)20(17)26)28-18(13)21(27)24(3)11-16-9-14-7-5-6-8-15(14)10-23(16)2/h5-8,12,16H,9-11H2,1-4H3/t16-/m1/s1. The summed E-state index contributed by atoms with van der Waals surface area (Å²) in [7, 11) is 5.62. The third-order valence-corrected chi connectivity index (χ3v) is 6.84. The number of carbonyl (C=O) groups is 1. The average molecular weight is 397 g/mol. The van der Waals surface area contributed by atoms with Crippen molar-refractivity contribution < 1.29 is 4.79 Å². The molecule has 2 aromatic heterocycles. The molecule has 0 unspecified atom stereocenters. The van der Waals surface area contributed by atoms with Crippen LogP contribution in [0.4, 0.5) is 0 Å². The fourth-order valence-electron chi connectivity index (χ4n) is 3.91. The molecule has 3 aromatic rings. The Bertz CT molecular complexity index is 1120. The number of aryl methyl sites for hydroxylation is 2. The molecule has 0 fully saturated rings. The van der Waals surface area contributed by atoms with Crippen LogP contribution >= 0.6 is 11.3 Å². The van der Waals surface area contributed by atoms with Gasteiger partial charge in [0, 0.05) is 33.2 Å². The number of likely N-dealkylation sites (N-methyl/N-ethyl adjacent to an activating group) is 2. The maximum absolute atomic E-state index is 13.1. The molecule has 1 atom stereocenters. The van der Waals surface area contributed by atoms with Gasteiger partial charge >= 0.3 is 0 Å². The zero-order valence-corrected chi connectivity index (χ0v) is 17.4. The molecule has 7 heteroatoms. The Labute approximate surface area is 168 Å². The van der Waals surface area contributed by atoms with Crippen LogP contribution < -0.4 is 5.56 Å². The Morgan fingerprint density at radius 2 is 2.00 bits per heavy atom. The molecule has 146 valence electrons. The van der Waals surface area contributed by atoms with Gasteiger partial charge in [0.15, 0.2) is 0 Å². The van der Waals surface area contributed by atoms with E-state index < -0.39 is 0 Å². The largest absolute Gasteiger partial charge is 0.339 e. The number of hydrogen-bond acceptors (Lipinski definition) is 5. The maximum atomic E-state index is 13.1. The van der Waals surface area contributed by atoms with Crippen LogP contribution in [0.1, 0.15) is 26.4 Å². The van der Waals surface area contributed by atoms with Gasteiger partial charge in [-0.2, -0.15) is 0 Å². The molecule has 0 radical (unpaired) electrons. The summed E-state index contributed by atoms with van der Waals surface area (Å²) >= 11 is 1.31. The van der Waals surface area contributed by atoms with Crippen molar-refractivity contribution in [1.29, 1.82) is 0 Å². The van der Waals surface area contributed by atoms with Crippen LogP contribution in [0.15, 0.2) is 35.4 Å². The van der Waals surface area contributed by atoms with Crippen LogP contribution in [0.2, 0.25) is 0 Å². The first-order valence-corrected chi connectivity index (χ1v) is 10.2. The van der Waals surface area contributed by atoms with Crippen molar-refractivity contribution in [1.82, 2.24) is 19.4 Å². The maximum Gasteiger partial charge on any atom is 0.264 e. The summed E-state index contributed by atoms with van der Waals surface area (Å²) in [6, 6.07) is 8.76. The van der Waals surface area contributed by atoms with Gasteiger partial charge in [0.2, 0.25) is 0 Å². The smallest absolute Gasteiger partial charge is 0.264 e. The monoisotopic (exact) mass is 396 g/mol. The summed E-state index contributed by atoms with van der Waals surface area (Å²) in [5.41, 5.74) is 3.34. The molecular weight excluding hydrogens is 372 g/mol. The first kappa shape index (κ1) is 18.8. The third kappa shape index (κ3) is 3.14. The topological polar surface area (TPSA) is 58.4 Å². The minimum atomic E-state index is -0.107. The van der Waals surface area contributed by atoms with Crippen molar-refractivity contribution in [2.75, 3.05) is 20.6 Å². The van der Waals surface area contributed by atoms with E-state index in [9.17, 15) is 9.59 Å². The molecule has 0 bridgehead atoms. The third-order valence-electron chi connectivity index (χ3n) is 5.65. The number of carbonyl (C=O) groups excluding carboxylic acids is 1. The lowest BCUT2D eigenvalue weighted by atomic mass is 9.94. The summed E-state index contributed by atoms with van der Waals surface area (Å²) in [5.74, 6) is -0.0465. The van der Waals surface area contributed by atoms with Gasteiger partial charge in [-0.3, -0.25) is 14.5 Å². The highest BCUT2D eigenvalue weighted by molar-refractivity contribution is 7.20. The molecular formula is C21H24N4O2S. The molecule has 0 saturated carbocycles. The zero-order valence-electron chi connectivity index (χ0n) is 16.6. The fourth-order valence-corrected chi connectivity index (χ4v) is 5.04. The van der Waals surface area contributed by atoms with Crippen molar-refractivity contribution in [3.05, 3.63) is 62.5 Å².